The van der Waals surface area contributed by atoms with Gasteiger partial charge in [0.05, 0.1) is 12.2 Å². The van der Waals surface area contributed by atoms with Crippen LogP contribution in [0.25, 0.3) is 0 Å². The van der Waals surface area contributed by atoms with Crippen molar-refractivity contribution >= 4 is 0 Å². The van der Waals surface area contributed by atoms with E-state index in [9.17, 15) is 0 Å². The molecule has 0 amide bonds. The number of fused-ring (bicyclic) bond motifs is 3. The molecule has 3 fully saturated rings. The van der Waals surface area contributed by atoms with Gasteiger partial charge in [-0.3, -0.25) is 0 Å². The molecular formula is C9H14O. The average molecular weight is 138 g/mol. The maximum atomic E-state index is 5.61. The third kappa shape index (κ3) is 0.493. The second-order valence-electron chi connectivity index (χ2n) is 4.35. The van der Waals surface area contributed by atoms with E-state index in [1.165, 1.54) is 6.42 Å². The molecule has 3 rings (SSSR count). The Morgan fingerprint density at radius 2 is 1.80 bits per heavy atom. The number of hydrogen-bond donors (Lipinski definition) is 0. The van der Waals surface area contributed by atoms with Crippen LogP contribution in [0.4, 0.5) is 0 Å². The Kier molecular flexibility index (Phi) is 0.797. The Hall–Kier alpha value is -0.0400. The fourth-order valence-corrected chi connectivity index (χ4v) is 2.81. The SMILES string of the molecule is C[C@@H]1[C@H](C)[C@H]2O[C@H]2[C@H]2C[C@@H]12. The fourth-order valence-electron chi connectivity index (χ4n) is 2.81. The number of rotatable bonds is 0. The Morgan fingerprint density at radius 1 is 1.00 bits per heavy atom. The first-order valence-corrected chi connectivity index (χ1v) is 4.44. The van der Waals surface area contributed by atoms with E-state index in [0.717, 1.165) is 23.7 Å². The molecule has 0 bridgehead atoms. The van der Waals surface area contributed by atoms with Crippen LogP contribution in [0.3, 0.4) is 0 Å². The molecule has 2 aliphatic carbocycles. The third-order valence-corrected chi connectivity index (χ3v) is 3.90. The minimum Gasteiger partial charge on any atom is -0.369 e. The Balaban J connectivity index is 1.89. The smallest absolute Gasteiger partial charge is 0.0875 e. The summed E-state index contributed by atoms with van der Waals surface area (Å²) in [5, 5.41) is 0. The highest BCUT2D eigenvalue weighted by Gasteiger charge is 2.64. The van der Waals surface area contributed by atoms with Crippen molar-refractivity contribution in [2.45, 2.75) is 32.5 Å². The van der Waals surface area contributed by atoms with Gasteiger partial charge >= 0.3 is 0 Å². The topological polar surface area (TPSA) is 12.5 Å². The zero-order chi connectivity index (χ0) is 6.88. The summed E-state index contributed by atoms with van der Waals surface area (Å²) in [7, 11) is 0. The largest absolute Gasteiger partial charge is 0.369 e. The third-order valence-electron chi connectivity index (χ3n) is 3.90. The van der Waals surface area contributed by atoms with Crippen LogP contribution in [0, 0.1) is 23.7 Å². The van der Waals surface area contributed by atoms with Gasteiger partial charge in [-0.25, -0.2) is 0 Å². The van der Waals surface area contributed by atoms with Gasteiger partial charge in [-0.05, 0) is 30.1 Å². The zero-order valence-electron chi connectivity index (χ0n) is 6.58. The van der Waals surface area contributed by atoms with E-state index in [-0.39, 0.29) is 0 Å². The summed E-state index contributed by atoms with van der Waals surface area (Å²) in [6.07, 6.45) is 2.84. The van der Waals surface area contributed by atoms with Crippen molar-refractivity contribution < 1.29 is 4.74 Å². The molecule has 0 N–H and O–H groups in total. The zero-order valence-corrected chi connectivity index (χ0v) is 6.58. The van der Waals surface area contributed by atoms with E-state index in [1.807, 2.05) is 0 Å². The summed E-state index contributed by atoms with van der Waals surface area (Å²) >= 11 is 0. The minimum absolute atomic E-state index is 0.666. The predicted octanol–water partition coefficient (Wildman–Crippen LogP) is 1.68. The fraction of sp³-hybridized carbons (Fsp3) is 1.00. The molecule has 0 radical (unpaired) electrons. The molecule has 0 unspecified atom stereocenters. The average Bonchev–Trinajstić information content (AvgIpc) is 2.71. The predicted molar refractivity (Wildman–Crippen MR) is 38.6 cm³/mol. The monoisotopic (exact) mass is 138 g/mol. The van der Waals surface area contributed by atoms with Crippen molar-refractivity contribution in [3.05, 3.63) is 0 Å². The summed E-state index contributed by atoms with van der Waals surface area (Å²) in [5.74, 6) is 3.80. The van der Waals surface area contributed by atoms with Gasteiger partial charge in [0, 0.05) is 0 Å². The lowest BCUT2D eigenvalue weighted by atomic mass is 9.82. The van der Waals surface area contributed by atoms with Crippen molar-refractivity contribution in [3.8, 4) is 0 Å². The molecule has 0 aromatic carbocycles. The Bertz CT molecular complexity index is 158. The molecular weight excluding hydrogens is 124 g/mol. The van der Waals surface area contributed by atoms with Crippen LogP contribution in [0.2, 0.25) is 0 Å². The molecule has 2 saturated carbocycles. The van der Waals surface area contributed by atoms with E-state index in [2.05, 4.69) is 13.8 Å². The van der Waals surface area contributed by atoms with E-state index in [0.29, 0.717) is 12.2 Å². The summed E-state index contributed by atoms with van der Waals surface area (Å²) in [6.45, 7) is 4.75. The van der Waals surface area contributed by atoms with Crippen LogP contribution in [0.1, 0.15) is 20.3 Å². The standard InChI is InChI=1S/C9H14O/c1-4-5(2)8-9(10-8)7-3-6(4)7/h4-9H,3H2,1-2H3/t4-,5+,6+,7+,8-,9+/m1/s1. The number of hydrogen-bond acceptors (Lipinski definition) is 1. The lowest BCUT2D eigenvalue weighted by Gasteiger charge is -2.21. The van der Waals surface area contributed by atoms with Gasteiger partial charge in [0.25, 0.3) is 0 Å². The van der Waals surface area contributed by atoms with Gasteiger partial charge in [-0.15, -0.1) is 0 Å². The van der Waals surface area contributed by atoms with Gasteiger partial charge < -0.3 is 4.74 Å². The van der Waals surface area contributed by atoms with E-state index in [4.69, 9.17) is 4.74 Å². The van der Waals surface area contributed by atoms with Crippen LogP contribution in [0.15, 0.2) is 0 Å². The van der Waals surface area contributed by atoms with Gasteiger partial charge in [0.2, 0.25) is 0 Å². The van der Waals surface area contributed by atoms with Crippen molar-refractivity contribution in [2.75, 3.05) is 0 Å². The lowest BCUT2D eigenvalue weighted by Crippen LogP contribution is -2.23. The van der Waals surface area contributed by atoms with Gasteiger partial charge in [0.15, 0.2) is 0 Å². The van der Waals surface area contributed by atoms with E-state index >= 15 is 0 Å². The van der Waals surface area contributed by atoms with E-state index < -0.39 is 0 Å². The molecule has 6 atom stereocenters. The molecule has 0 spiro atoms. The van der Waals surface area contributed by atoms with Crippen LogP contribution in [-0.2, 0) is 4.74 Å². The molecule has 10 heavy (non-hydrogen) atoms. The van der Waals surface area contributed by atoms with Gasteiger partial charge in [-0.1, -0.05) is 13.8 Å². The second kappa shape index (κ2) is 1.42. The molecule has 1 aliphatic heterocycles. The number of ether oxygens (including phenoxy) is 1. The maximum absolute atomic E-state index is 5.61. The maximum Gasteiger partial charge on any atom is 0.0875 e. The molecule has 3 aliphatic rings. The quantitative estimate of drug-likeness (QED) is 0.464. The minimum atomic E-state index is 0.666. The molecule has 1 saturated heterocycles. The molecule has 1 nitrogen and oxygen atoms in total. The van der Waals surface area contributed by atoms with Gasteiger partial charge in [-0.2, -0.15) is 0 Å². The summed E-state index contributed by atoms with van der Waals surface area (Å²) in [6, 6.07) is 0. The first-order chi connectivity index (χ1) is 4.79. The van der Waals surface area contributed by atoms with Crippen LogP contribution in [-0.4, -0.2) is 12.2 Å². The normalized spacial score (nSPS) is 70.2. The highest BCUT2D eigenvalue weighted by molar-refractivity contribution is 5.11. The molecule has 0 aromatic rings. The van der Waals surface area contributed by atoms with Crippen LogP contribution < -0.4 is 0 Å². The summed E-state index contributed by atoms with van der Waals surface area (Å²) < 4.78 is 5.61. The lowest BCUT2D eigenvalue weighted by molar-refractivity contribution is 0.263. The molecule has 1 heteroatoms. The molecule has 1 heterocycles. The molecule has 56 valence electrons. The Morgan fingerprint density at radius 3 is 2.60 bits per heavy atom. The summed E-state index contributed by atoms with van der Waals surface area (Å²) in [5.41, 5.74) is 0. The van der Waals surface area contributed by atoms with Crippen molar-refractivity contribution in [1.82, 2.24) is 0 Å². The molecule has 0 aromatic heterocycles. The first kappa shape index (κ1) is 5.59. The highest BCUT2D eigenvalue weighted by Crippen LogP contribution is 2.62. The first-order valence-electron chi connectivity index (χ1n) is 4.44. The van der Waals surface area contributed by atoms with Crippen molar-refractivity contribution in [1.29, 1.82) is 0 Å². The van der Waals surface area contributed by atoms with E-state index in [1.54, 1.807) is 0 Å². The summed E-state index contributed by atoms with van der Waals surface area (Å²) in [4.78, 5) is 0. The van der Waals surface area contributed by atoms with Crippen LogP contribution in [0.5, 0.6) is 0 Å². The Labute approximate surface area is 61.8 Å². The second-order valence-corrected chi connectivity index (χ2v) is 4.35. The van der Waals surface area contributed by atoms with Crippen LogP contribution >= 0.6 is 0 Å². The number of epoxide rings is 1. The van der Waals surface area contributed by atoms with Crippen molar-refractivity contribution in [3.63, 3.8) is 0 Å². The highest BCUT2D eigenvalue weighted by atomic mass is 16.6. The van der Waals surface area contributed by atoms with Crippen molar-refractivity contribution in [2.24, 2.45) is 23.7 Å². The van der Waals surface area contributed by atoms with Gasteiger partial charge in [0.1, 0.15) is 0 Å².